The highest BCUT2D eigenvalue weighted by Gasteiger charge is 2.23. The van der Waals surface area contributed by atoms with Crippen LogP contribution >= 0.6 is 11.3 Å². The van der Waals surface area contributed by atoms with Crippen LogP contribution in [-0.4, -0.2) is 5.97 Å². The zero-order valence-electron chi connectivity index (χ0n) is 11.3. The van der Waals surface area contributed by atoms with Crippen LogP contribution in [0.25, 0.3) is 11.8 Å². The molecule has 20 heavy (non-hydrogen) atoms. The van der Waals surface area contributed by atoms with Crippen molar-refractivity contribution >= 4 is 29.1 Å². The Morgan fingerprint density at radius 2 is 2.05 bits per heavy atom. The van der Waals surface area contributed by atoms with Crippen LogP contribution in [0.4, 0.5) is 0 Å². The summed E-state index contributed by atoms with van der Waals surface area (Å²) in [6.07, 6.45) is 3.69. The van der Waals surface area contributed by atoms with Crippen molar-refractivity contribution in [3.8, 4) is 0 Å². The number of ether oxygens (including phenoxy) is 1. The van der Waals surface area contributed by atoms with Gasteiger partial charge in [-0.25, -0.2) is 4.79 Å². The molecule has 1 aliphatic rings. The molecular weight excluding hydrogens is 268 g/mol. The zero-order valence-corrected chi connectivity index (χ0v) is 12.2. The third-order valence-electron chi connectivity index (χ3n) is 3.22. The lowest BCUT2D eigenvalue weighted by atomic mass is 10.0. The van der Waals surface area contributed by atoms with Crippen molar-refractivity contribution in [1.29, 1.82) is 0 Å². The molecule has 2 aromatic rings. The summed E-state index contributed by atoms with van der Waals surface area (Å²) in [6, 6.07) is 10.1. The lowest BCUT2D eigenvalue weighted by Gasteiger charge is -2.06. The molecule has 1 aliphatic heterocycles. The summed E-state index contributed by atoms with van der Waals surface area (Å²) < 4.78 is 5.40. The molecule has 0 bridgehead atoms. The maximum Gasteiger partial charge on any atom is 0.343 e. The van der Waals surface area contributed by atoms with Crippen LogP contribution in [0.3, 0.4) is 0 Å². The first-order valence-corrected chi connectivity index (χ1v) is 7.28. The number of hydrogen-bond donors (Lipinski definition) is 0. The highest BCUT2D eigenvalue weighted by Crippen LogP contribution is 2.30. The summed E-state index contributed by atoms with van der Waals surface area (Å²) in [4.78, 5) is 13.0. The first-order chi connectivity index (χ1) is 9.63. The lowest BCUT2D eigenvalue weighted by molar-refractivity contribution is -0.130. The van der Waals surface area contributed by atoms with Gasteiger partial charge in [0.05, 0.1) is 5.57 Å². The fourth-order valence-electron chi connectivity index (χ4n) is 2.15. The van der Waals surface area contributed by atoms with Crippen LogP contribution in [0.15, 0.2) is 47.4 Å². The average molecular weight is 282 g/mol. The van der Waals surface area contributed by atoms with Gasteiger partial charge in [-0.05, 0) is 49.1 Å². The molecule has 0 saturated carbocycles. The maximum atomic E-state index is 11.9. The summed E-state index contributed by atoms with van der Waals surface area (Å²) in [7, 11) is 0. The highest BCUT2D eigenvalue weighted by molar-refractivity contribution is 7.10. The van der Waals surface area contributed by atoms with E-state index in [1.165, 1.54) is 0 Å². The molecule has 0 spiro atoms. The minimum atomic E-state index is -0.283. The van der Waals surface area contributed by atoms with Crippen molar-refractivity contribution in [2.24, 2.45) is 0 Å². The molecule has 2 heterocycles. The summed E-state index contributed by atoms with van der Waals surface area (Å²) in [6.45, 7) is 4.05. The van der Waals surface area contributed by atoms with Crippen LogP contribution in [0.5, 0.6) is 0 Å². The predicted molar refractivity (Wildman–Crippen MR) is 82.3 cm³/mol. The lowest BCUT2D eigenvalue weighted by Crippen LogP contribution is -1.98. The van der Waals surface area contributed by atoms with E-state index in [9.17, 15) is 4.79 Å². The Morgan fingerprint density at radius 1 is 1.20 bits per heavy atom. The predicted octanol–water partition coefficient (Wildman–Crippen LogP) is 4.35. The molecule has 0 N–H and O–H groups in total. The van der Waals surface area contributed by atoms with Crippen molar-refractivity contribution in [3.63, 3.8) is 0 Å². The van der Waals surface area contributed by atoms with Crippen LogP contribution in [0.1, 0.15) is 21.6 Å². The number of thiophene rings is 1. The van der Waals surface area contributed by atoms with Gasteiger partial charge in [0.15, 0.2) is 0 Å². The fraction of sp³-hybridized carbons (Fsp3) is 0.118. The van der Waals surface area contributed by atoms with E-state index in [4.69, 9.17) is 4.74 Å². The second-order valence-corrected chi connectivity index (χ2v) is 5.81. The standard InChI is InChI=1S/C17H14O2S/c1-11-5-6-12(2)15(8-11)16-10-13(17(18)19-16)9-14-4-3-7-20-14/h3-10H,1-2H3/b13-9-. The summed E-state index contributed by atoms with van der Waals surface area (Å²) in [5.41, 5.74) is 3.83. The van der Waals surface area contributed by atoms with Crippen molar-refractivity contribution < 1.29 is 9.53 Å². The molecule has 0 fully saturated rings. The van der Waals surface area contributed by atoms with Gasteiger partial charge in [0, 0.05) is 10.4 Å². The van der Waals surface area contributed by atoms with Gasteiger partial charge in [-0.3, -0.25) is 0 Å². The first kappa shape index (κ1) is 12.9. The molecular formula is C17H14O2S. The first-order valence-electron chi connectivity index (χ1n) is 6.40. The molecule has 0 amide bonds. The van der Waals surface area contributed by atoms with Gasteiger partial charge < -0.3 is 4.74 Å². The van der Waals surface area contributed by atoms with Crippen molar-refractivity contribution in [3.05, 3.63) is 68.9 Å². The Bertz CT molecular complexity index is 721. The van der Waals surface area contributed by atoms with E-state index in [2.05, 4.69) is 6.07 Å². The topological polar surface area (TPSA) is 26.3 Å². The summed E-state index contributed by atoms with van der Waals surface area (Å²) in [5.74, 6) is 0.355. The smallest absolute Gasteiger partial charge is 0.343 e. The van der Waals surface area contributed by atoms with E-state index in [0.717, 1.165) is 21.6 Å². The number of rotatable bonds is 2. The molecule has 3 heteroatoms. The zero-order chi connectivity index (χ0) is 14.1. The number of carbonyl (C=O) groups is 1. The van der Waals surface area contributed by atoms with Crippen LogP contribution in [0.2, 0.25) is 0 Å². The Kier molecular flexibility index (Phi) is 3.28. The summed E-state index contributed by atoms with van der Waals surface area (Å²) in [5, 5.41) is 1.99. The Morgan fingerprint density at radius 3 is 2.80 bits per heavy atom. The Hall–Kier alpha value is -2.13. The van der Waals surface area contributed by atoms with E-state index in [1.807, 2.05) is 55.6 Å². The monoisotopic (exact) mass is 282 g/mol. The maximum absolute atomic E-state index is 11.9. The normalized spacial score (nSPS) is 16.4. The molecule has 1 aromatic heterocycles. The van der Waals surface area contributed by atoms with Gasteiger partial charge in [0.2, 0.25) is 0 Å². The SMILES string of the molecule is Cc1ccc(C)c(C2=C/C(=C/c3cccs3)C(=O)O2)c1. The van der Waals surface area contributed by atoms with Crippen LogP contribution in [0, 0.1) is 13.8 Å². The molecule has 2 nitrogen and oxygen atoms in total. The molecule has 3 rings (SSSR count). The number of cyclic esters (lactones) is 1. The van der Waals surface area contributed by atoms with Gasteiger partial charge in [-0.1, -0.05) is 23.8 Å². The quantitative estimate of drug-likeness (QED) is 0.605. The number of hydrogen-bond acceptors (Lipinski definition) is 3. The number of aryl methyl sites for hydroxylation is 2. The van der Waals surface area contributed by atoms with E-state index in [0.29, 0.717) is 11.3 Å². The highest BCUT2D eigenvalue weighted by atomic mass is 32.1. The van der Waals surface area contributed by atoms with Gasteiger partial charge in [-0.15, -0.1) is 11.3 Å². The minimum Gasteiger partial charge on any atom is -0.422 e. The van der Waals surface area contributed by atoms with Crippen molar-refractivity contribution in [1.82, 2.24) is 0 Å². The third-order valence-corrected chi connectivity index (χ3v) is 4.04. The molecule has 1 aromatic carbocycles. The van der Waals surface area contributed by atoms with Crippen LogP contribution in [-0.2, 0) is 9.53 Å². The largest absolute Gasteiger partial charge is 0.422 e. The van der Waals surface area contributed by atoms with Crippen molar-refractivity contribution in [2.45, 2.75) is 13.8 Å². The molecule has 100 valence electrons. The minimum absolute atomic E-state index is 0.283. The van der Waals surface area contributed by atoms with E-state index >= 15 is 0 Å². The van der Waals surface area contributed by atoms with Gasteiger partial charge >= 0.3 is 5.97 Å². The van der Waals surface area contributed by atoms with Gasteiger partial charge in [0.25, 0.3) is 0 Å². The number of esters is 1. The summed E-state index contributed by atoms with van der Waals surface area (Å²) >= 11 is 1.60. The second kappa shape index (κ2) is 5.10. The van der Waals surface area contributed by atoms with Gasteiger partial charge in [0.1, 0.15) is 5.76 Å². The fourth-order valence-corrected chi connectivity index (χ4v) is 2.82. The molecule has 0 unspecified atom stereocenters. The molecule has 0 radical (unpaired) electrons. The van der Waals surface area contributed by atoms with Gasteiger partial charge in [-0.2, -0.15) is 0 Å². The Labute approximate surface area is 122 Å². The number of benzene rings is 1. The third kappa shape index (κ3) is 2.45. The van der Waals surface area contributed by atoms with Crippen LogP contribution < -0.4 is 0 Å². The second-order valence-electron chi connectivity index (χ2n) is 4.83. The van der Waals surface area contributed by atoms with E-state index < -0.39 is 0 Å². The number of carbonyl (C=O) groups excluding carboxylic acids is 1. The molecule has 0 atom stereocenters. The Balaban J connectivity index is 2.00. The van der Waals surface area contributed by atoms with E-state index in [1.54, 1.807) is 11.3 Å². The van der Waals surface area contributed by atoms with E-state index in [-0.39, 0.29) is 5.97 Å². The molecule has 0 saturated heterocycles. The van der Waals surface area contributed by atoms with Crippen molar-refractivity contribution in [2.75, 3.05) is 0 Å². The average Bonchev–Trinajstić information content (AvgIpc) is 3.04. The molecule has 0 aliphatic carbocycles.